The van der Waals surface area contributed by atoms with Crippen LogP contribution >= 0.6 is 11.3 Å². The van der Waals surface area contributed by atoms with Crippen LogP contribution in [0, 0.1) is 6.92 Å². The van der Waals surface area contributed by atoms with Gasteiger partial charge in [-0.25, -0.2) is 8.42 Å². The Kier molecular flexibility index (Phi) is 4.95. The van der Waals surface area contributed by atoms with Gasteiger partial charge in [-0.1, -0.05) is 11.3 Å². The highest BCUT2D eigenvalue weighted by Gasteiger charge is 2.26. The fourth-order valence-corrected chi connectivity index (χ4v) is 3.23. The molecule has 0 atom stereocenters. The highest BCUT2D eigenvalue weighted by Crippen LogP contribution is 2.20. The number of hydrogen-bond donors (Lipinski definition) is 1. The lowest BCUT2D eigenvalue weighted by atomic mass is 10.3. The van der Waals surface area contributed by atoms with E-state index in [1.807, 2.05) is 0 Å². The summed E-state index contributed by atoms with van der Waals surface area (Å²) in [7, 11) is -4.66. The average molecular weight is 362 g/mol. The Morgan fingerprint density at radius 2 is 1.91 bits per heavy atom. The number of hydrogen-bond acceptors (Lipinski definition) is 5. The number of alkyl halides is 2. The predicted octanol–water partition coefficient (Wildman–Crippen LogP) is 1.85. The van der Waals surface area contributed by atoms with Gasteiger partial charge in [0.25, 0.3) is 0 Å². The first-order valence-electron chi connectivity index (χ1n) is 6.28. The molecule has 10 heteroatoms. The van der Waals surface area contributed by atoms with Gasteiger partial charge in [-0.3, -0.25) is 14.2 Å². The first kappa shape index (κ1) is 17.3. The molecule has 0 spiro atoms. The van der Waals surface area contributed by atoms with Crippen LogP contribution in [0.2, 0.25) is 0 Å². The lowest BCUT2D eigenvalue weighted by Gasteiger charge is -2.08. The molecule has 0 bridgehead atoms. The molecule has 1 heterocycles. The normalized spacial score (nSPS) is 11.7. The molecule has 23 heavy (non-hydrogen) atoms. The third-order valence-electron chi connectivity index (χ3n) is 2.98. The zero-order chi connectivity index (χ0) is 17.2. The fraction of sp³-hybridized carbons (Fsp3) is 0.231. The molecule has 2 aromatic rings. The van der Waals surface area contributed by atoms with Crippen LogP contribution in [0.25, 0.3) is 0 Å². The largest absolute Gasteiger partial charge is 0.341 e. The predicted molar refractivity (Wildman–Crippen MR) is 81.6 cm³/mol. The van der Waals surface area contributed by atoms with E-state index in [0.717, 1.165) is 23.5 Å². The van der Waals surface area contributed by atoms with Crippen molar-refractivity contribution >= 4 is 32.8 Å². The molecule has 124 valence electrons. The maximum atomic E-state index is 12.4. The van der Waals surface area contributed by atoms with Crippen LogP contribution in [0.1, 0.15) is 5.69 Å². The molecular formula is C13H12F2N2O4S2. The summed E-state index contributed by atoms with van der Waals surface area (Å²) in [5, 5.41) is 4.09. The number of sulfone groups is 1. The summed E-state index contributed by atoms with van der Waals surface area (Å²) in [6, 6.07) is 4.38. The minimum absolute atomic E-state index is 0.189. The van der Waals surface area contributed by atoms with Crippen molar-refractivity contribution in [2.24, 2.45) is 0 Å². The number of anilines is 1. The van der Waals surface area contributed by atoms with Crippen LogP contribution in [0.5, 0.6) is 0 Å². The monoisotopic (exact) mass is 362 g/mol. The second kappa shape index (κ2) is 6.59. The Labute approximate surface area is 134 Å². The molecule has 0 saturated heterocycles. The summed E-state index contributed by atoms with van der Waals surface area (Å²) in [6.45, 7) is 1.50. The Hall–Kier alpha value is -2.07. The molecule has 0 radical (unpaired) electrons. The van der Waals surface area contributed by atoms with Gasteiger partial charge in [0.2, 0.25) is 15.7 Å². The molecule has 0 unspecified atom stereocenters. The number of aromatic nitrogens is 1. The van der Waals surface area contributed by atoms with Gasteiger partial charge in [0.1, 0.15) is 6.54 Å². The smallest absolute Gasteiger partial charge is 0.325 e. The van der Waals surface area contributed by atoms with Gasteiger partial charge in [-0.15, -0.1) is 0 Å². The number of carbonyl (C=O) groups is 1. The van der Waals surface area contributed by atoms with Crippen molar-refractivity contribution in [1.29, 1.82) is 0 Å². The van der Waals surface area contributed by atoms with Crippen LogP contribution in [0.3, 0.4) is 0 Å². The molecule has 0 aliphatic rings. The lowest BCUT2D eigenvalue weighted by Crippen LogP contribution is -2.25. The van der Waals surface area contributed by atoms with Gasteiger partial charge >= 0.3 is 10.6 Å². The van der Waals surface area contributed by atoms with Gasteiger partial charge in [0.05, 0.1) is 4.90 Å². The van der Waals surface area contributed by atoms with Crippen molar-refractivity contribution in [2.75, 3.05) is 5.32 Å². The second-order valence-electron chi connectivity index (χ2n) is 4.61. The van der Waals surface area contributed by atoms with E-state index in [0.29, 0.717) is 5.69 Å². The molecule has 1 N–H and O–H groups in total. The number of rotatable bonds is 5. The van der Waals surface area contributed by atoms with Gasteiger partial charge in [-0.05, 0) is 31.2 Å². The van der Waals surface area contributed by atoms with Gasteiger partial charge in [0, 0.05) is 16.8 Å². The van der Waals surface area contributed by atoms with Crippen molar-refractivity contribution in [3.05, 3.63) is 45.0 Å². The van der Waals surface area contributed by atoms with Gasteiger partial charge < -0.3 is 5.32 Å². The van der Waals surface area contributed by atoms with E-state index >= 15 is 0 Å². The van der Waals surface area contributed by atoms with E-state index in [-0.39, 0.29) is 17.1 Å². The van der Waals surface area contributed by atoms with Crippen LogP contribution in [-0.4, -0.2) is 24.6 Å². The molecule has 0 saturated carbocycles. The summed E-state index contributed by atoms with van der Waals surface area (Å²) in [5.74, 6) is -3.99. The Balaban J connectivity index is 2.10. The molecule has 2 rings (SSSR count). The first-order chi connectivity index (χ1) is 10.7. The number of thiazole rings is 1. The van der Waals surface area contributed by atoms with E-state index in [1.54, 1.807) is 12.3 Å². The third kappa shape index (κ3) is 3.82. The lowest BCUT2D eigenvalue weighted by molar-refractivity contribution is -0.116. The van der Waals surface area contributed by atoms with Crippen molar-refractivity contribution in [3.8, 4) is 0 Å². The molecule has 0 fully saturated rings. The fourth-order valence-electron chi connectivity index (χ4n) is 1.77. The number of amides is 1. The molecule has 6 nitrogen and oxygen atoms in total. The Morgan fingerprint density at radius 1 is 1.30 bits per heavy atom. The molecule has 1 aromatic heterocycles. The number of carbonyl (C=O) groups excluding carboxylic acids is 1. The average Bonchev–Trinajstić information content (AvgIpc) is 2.79. The number of halogens is 2. The van der Waals surface area contributed by atoms with E-state index in [2.05, 4.69) is 5.32 Å². The molecule has 0 aliphatic carbocycles. The van der Waals surface area contributed by atoms with Crippen molar-refractivity contribution < 1.29 is 22.0 Å². The quantitative estimate of drug-likeness (QED) is 0.880. The number of benzene rings is 1. The minimum Gasteiger partial charge on any atom is -0.325 e. The highest BCUT2D eigenvalue weighted by atomic mass is 32.2. The first-order valence-corrected chi connectivity index (χ1v) is 8.71. The van der Waals surface area contributed by atoms with E-state index in [4.69, 9.17) is 0 Å². The zero-order valence-electron chi connectivity index (χ0n) is 11.8. The topological polar surface area (TPSA) is 85.2 Å². The molecule has 1 amide bonds. The standard InChI is InChI=1S/C13H12F2N2O4S2/c1-8-7-22-13(19)17(8)6-11(18)16-9-2-4-10(5-3-9)23(20,21)12(14)15/h2-5,7,12H,6H2,1H3,(H,16,18). The van der Waals surface area contributed by atoms with Crippen LogP contribution in [0.15, 0.2) is 39.3 Å². The van der Waals surface area contributed by atoms with E-state index < -0.39 is 26.4 Å². The summed E-state index contributed by atoms with van der Waals surface area (Å²) >= 11 is 0.976. The van der Waals surface area contributed by atoms with Crippen molar-refractivity contribution in [3.63, 3.8) is 0 Å². The van der Waals surface area contributed by atoms with Crippen LogP contribution in [-0.2, 0) is 21.2 Å². The maximum absolute atomic E-state index is 12.4. The maximum Gasteiger partial charge on any atom is 0.341 e. The van der Waals surface area contributed by atoms with Crippen LogP contribution in [0.4, 0.5) is 14.5 Å². The summed E-state index contributed by atoms with van der Waals surface area (Å²) in [5.41, 5.74) is 0.887. The summed E-state index contributed by atoms with van der Waals surface area (Å²) in [4.78, 5) is 22.6. The van der Waals surface area contributed by atoms with E-state index in [9.17, 15) is 26.8 Å². The Bertz CT molecular complexity index is 870. The second-order valence-corrected chi connectivity index (χ2v) is 7.35. The highest BCUT2D eigenvalue weighted by molar-refractivity contribution is 7.91. The summed E-state index contributed by atoms with van der Waals surface area (Å²) in [6.07, 6.45) is 0. The van der Waals surface area contributed by atoms with Crippen molar-refractivity contribution in [2.45, 2.75) is 24.1 Å². The van der Waals surface area contributed by atoms with Gasteiger partial charge in [-0.2, -0.15) is 8.78 Å². The Morgan fingerprint density at radius 3 is 2.39 bits per heavy atom. The molecular weight excluding hydrogens is 350 g/mol. The molecule has 0 aliphatic heterocycles. The minimum atomic E-state index is -4.66. The van der Waals surface area contributed by atoms with Crippen molar-refractivity contribution in [1.82, 2.24) is 4.57 Å². The number of aryl methyl sites for hydroxylation is 1. The van der Waals surface area contributed by atoms with E-state index in [1.165, 1.54) is 16.7 Å². The number of nitrogens with zero attached hydrogens (tertiary/aromatic N) is 1. The van der Waals surface area contributed by atoms with Crippen LogP contribution < -0.4 is 10.2 Å². The third-order valence-corrected chi connectivity index (χ3v) is 5.26. The molecule has 1 aromatic carbocycles. The van der Waals surface area contributed by atoms with Gasteiger partial charge in [0.15, 0.2) is 0 Å². The zero-order valence-corrected chi connectivity index (χ0v) is 13.5. The number of nitrogens with one attached hydrogen (secondary N) is 1. The SMILES string of the molecule is Cc1csc(=O)n1CC(=O)Nc1ccc(S(=O)(=O)C(F)F)cc1. The summed E-state index contributed by atoms with van der Waals surface area (Å²) < 4.78 is 48.7.